The number of para-hydroxylation sites is 1. The van der Waals surface area contributed by atoms with Crippen LogP contribution in [-0.2, 0) is 0 Å². The number of carbonyl (C=O) groups excluding carboxylic acids is 1. The van der Waals surface area contributed by atoms with E-state index in [1.165, 1.54) is 5.56 Å². The fraction of sp³-hybridized carbons (Fsp3) is 0.0952. The van der Waals surface area contributed by atoms with Crippen molar-refractivity contribution in [2.75, 3.05) is 5.32 Å². The van der Waals surface area contributed by atoms with E-state index in [9.17, 15) is 4.79 Å². The molecule has 0 aliphatic heterocycles. The van der Waals surface area contributed by atoms with Gasteiger partial charge < -0.3 is 10.6 Å². The summed E-state index contributed by atoms with van der Waals surface area (Å²) in [5.74, 6) is 0. The second-order valence-corrected chi connectivity index (χ2v) is 5.72. The second kappa shape index (κ2) is 7.47. The third kappa shape index (κ3) is 4.02. The first kappa shape index (κ1) is 15.8. The van der Waals surface area contributed by atoms with Gasteiger partial charge in [0.05, 0.1) is 6.04 Å². The molecule has 0 fully saturated rings. The predicted molar refractivity (Wildman–Crippen MR) is 98.1 cm³/mol. The maximum Gasteiger partial charge on any atom is 0.319 e. The number of hydrogen-bond acceptors (Lipinski definition) is 1. The molecule has 3 rings (SSSR count). The molecule has 0 aliphatic rings. The molecular weight excluding hydrogens is 296 g/mol. The van der Waals surface area contributed by atoms with E-state index in [1.54, 1.807) is 0 Å². The summed E-state index contributed by atoms with van der Waals surface area (Å²) < 4.78 is 0. The number of rotatable bonds is 4. The van der Waals surface area contributed by atoms with Crippen LogP contribution >= 0.6 is 0 Å². The summed E-state index contributed by atoms with van der Waals surface area (Å²) in [6.45, 7) is 2.05. The topological polar surface area (TPSA) is 41.1 Å². The first-order chi connectivity index (χ1) is 11.7. The summed E-state index contributed by atoms with van der Waals surface area (Å²) in [6.07, 6.45) is 0. The Balaban J connectivity index is 1.82. The van der Waals surface area contributed by atoms with Crippen molar-refractivity contribution < 1.29 is 4.79 Å². The molecule has 3 aromatic carbocycles. The maximum absolute atomic E-state index is 12.4. The average molecular weight is 316 g/mol. The lowest BCUT2D eigenvalue weighted by molar-refractivity contribution is 0.250. The van der Waals surface area contributed by atoms with Gasteiger partial charge >= 0.3 is 6.03 Å². The molecule has 0 saturated heterocycles. The molecule has 1 atom stereocenters. The Morgan fingerprint density at radius 3 is 1.92 bits per heavy atom. The van der Waals surface area contributed by atoms with Crippen molar-refractivity contribution in [3.63, 3.8) is 0 Å². The Bertz CT molecular complexity index is 783. The van der Waals surface area contributed by atoms with Crippen molar-refractivity contribution in [1.82, 2.24) is 5.32 Å². The third-order valence-electron chi connectivity index (χ3n) is 3.85. The van der Waals surface area contributed by atoms with Crippen molar-refractivity contribution in [3.8, 4) is 0 Å². The molecule has 2 N–H and O–H groups in total. The van der Waals surface area contributed by atoms with Gasteiger partial charge in [0, 0.05) is 5.69 Å². The number of nitrogens with one attached hydrogen (secondary N) is 2. The zero-order valence-corrected chi connectivity index (χ0v) is 13.6. The number of benzene rings is 3. The maximum atomic E-state index is 12.4. The minimum atomic E-state index is -0.226. The molecule has 3 aromatic rings. The van der Waals surface area contributed by atoms with E-state index >= 15 is 0 Å². The van der Waals surface area contributed by atoms with E-state index in [-0.39, 0.29) is 12.1 Å². The Labute approximate surface area is 142 Å². The lowest BCUT2D eigenvalue weighted by Crippen LogP contribution is -2.33. The van der Waals surface area contributed by atoms with Crippen LogP contribution in [0.25, 0.3) is 0 Å². The Kier molecular flexibility index (Phi) is 4.92. The van der Waals surface area contributed by atoms with Crippen LogP contribution in [0.3, 0.4) is 0 Å². The molecule has 3 nitrogen and oxygen atoms in total. The van der Waals surface area contributed by atoms with Crippen LogP contribution < -0.4 is 10.6 Å². The fourth-order valence-electron chi connectivity index (χ4n) is 2.58. The highest BCUT2D eigenvalue weighted by Gasteiger charge is 2.16. The van der Waals surface area contributed by atoms with Crippen molar-refractivity contribution in [3.05, 3.63) is 102 Å². The molecular formula is C21H20N2O. The van der Waals surface area contributed by atoms with Crippen LogP contribution in [-0.4, -0.2) is 6.03 Å². The van der Waals surface area contributed by atoms with Gasteiger partial charge in [-0.05, 0) is 30.2 Å². The molecule has 0 heterocycles. The van der Waals surface area contributed by atoms with Gasteiger partial charge in [-0.3, -0.25) is 0 Å². The molecule has 2 amide bonds. The van der Waals surface area contributed by atoms with Crippen LogP contribution in [0.4, 0.5) is 10.5 Å². The lowest BCUT2D eigenvalue weighted by Gasteiger charge is -2.20. The zero-order chi connectivity index (χ0) is 16.8. The van der Waals surface area contributed by atoms with Crippen molar-refractivity contribution in [2.24, 2.45) is 0 Å². The summed E-state index contributed by atoms with van der Waals surface area (Å²) in [6, 6.07) is 27.2. The van der Waals surface area contributed by atoms with Gasteiger partial charge in [0.1, 0.15) is 0 Å². The van der Waals surface area contributed by atoms with Crippen LogP contribution in [0.1, 0.15) is 22.7 Å². The van der Waals surface area contributed by atoms with E-state index in [0.717, 1.165) is 16.8 Å². The molecule has 0 aliphatic carbocycles. The average Bonchev–Trinajstić information content (AvgIpc) is 2.62. The molecule has 1 unspecified atom stereocenters. The van der Waals surface area contributed by atoms with E-state index in [4.69, 9.17) is 0 Å². The standard InChI is InChI=1S/C21H20N2O/c1-16-12-14-18(15-13-16)20(17-8-4-2-5-9-17)23-21(24)22-19-10-6-3-7-11-19/h2-15,20H,1H3,(H2,22,23,24). The first-order valence-corrected chi connectivity index (χ1v) is 7.96. The molecule has 0 saturated carbocycles. The summed E-state index contributed by atoms with van der Waals surface area (Å²) in [5, 5.41) is 5.94. The molecule has 0 radical (unpaired) electrons. The van der Waals surface area contributed by atoms with E-state index in [0.29, 0.717) is 0 Å². The predicted octanol–water partition coefficient (Wildman–Crippen LogP) is 4.91. The third-order valence-corrected chi connectivity index (χ3v) is 3.85. The Hall–Kier alpha value is -3.07. The minimum Gasteiger partial charge on any atom is -0.327 e. The van der Waals surface area contributed by atoms with Crippen LogP contribution in [0.2, 0.25) is 0 Å². The summed E-state index contributed by atoms with van der Waals surface area (Å²) in [7, 11) is 0. The van der Waals surface area contributed by atoms with Crippen molar-refractivity contribution >= 4 is 11.7 Å². The summed E-state index contributed by atoms with van der Waals surface area (Å²) in [4.78, 5) is 12.4. The van der Waals surface area contributed by atoms with Gasteiger partial charge in [-0.1, -0.05) is 78.4 Å². The molecule has 0 spiro atoms. The molecule has 120 valence electrons. The lowest BCUT2D eigenvalue weighted by atomic mass is 9.98. The quantitative estimate of drug-likeness (QED) is 0.706. The number of urea groups is 1. The zero-order valence-electron chi connectivity index (χ0n) is 13.6. The fourth-order valence-corrected chi connectivity index (χ4v) is 2.58. The Morgan fingerprint density at radius 2 is 1.29 bits per heavy atom. The molecule has 0 bridgehead atoms. The summed E-state index contributed by atoms with van der Waals surface area (Å²) >= 11 is 0. The van der Waals surface area contributed by atoms with Gasteiger partial charge in [0.2, 0.25) is 0 Å². The highest BCUT2D eigenvalue weighted by molar-refractivity contribution is 5.89. The van der Waals surface area contributed by atoms with E-state index in [1.807, 2.05) is 60.7 Å². The number of carbonyl (C=O) groups is 1. The van der Waals surface area contributed by atoms with Crippen molar-refractivity contribution in [1.29, 1.82) is 0 Å². The monoisotopic (exact) mass is 316 g/mol. The van der Waals surface area contributed by atoms with Crippen molar-refractivity contribution in [2.45, 2.75) is 13.0 Å². The normalized spacial score (nSPS) is 11.5. The largest absolute Gasteiger partial charge is 0.327 e. The first-order valence-electron chi connectivity index (χ1n) is 7.96. The van der Waals surface area contributed by atoms with Gasteiger partial charge in [-0.15, -0.1) is 0 Å². The number of aryl methyl sites for hydroxylation is 1. The number of anilines is 1. The van der Waals surface area contributed by atoms with Gasteiger partial charge in [-0.2, -0.15) is 0 Å². The molecule has 0 aromatic heterocycles. The van der Waals surface area contributed by atoms with Crippen LogP contribution in [0.5, 0.6) is 0 Å². The molecule has 3 heteroatoms. The number of amides is 2. The highest BCUT2D eigenvalue weighted by atomic mass is 16.2. The Morgan fingerprint density at radius 1 is 0.750 bits per heavy atom. The summed E-state index contributed by atoms with van der Waals surface area (Å²) in [5.41, 5.74) is 4.06. The van der Waals surface area contributed by atoms with Gasteiger partial charge in [0.25, 0.3) is 0 Å². The van der Waals surface area contributed by atoms with Gasteiger partial charge in [0.15, 0.2) is 0 Å². The molecule has 24 heavy (non-hydrogen) atoms. The smallest absolute Gasteiger partial charge is 0.319 e. The highest BCUT2D eigenvalue weighted by Crippen LogP contribution is 2.22. The van der Waals surface area contributed by atoms with Crippen LogP contribution in [0, 0.1) is 6.92 Å². The van der Waals surface area contributed by atoms with Gasteiger partial charge in [-0.25, -0.2) is 4.79 Å². The SMILES string of the molecule is Cc1ccc(C(NC(=O)Nc2ccccc2)c2ccccc2)cc1. The van der Waals surface area contributed by atoms with E-state index < -0.39 is 0 Å². The van der Waals surface area contributed by atoms with Crippen LogP contribution in [0.15, 0.2) is 84.9 Å². The van der Waals surface area contributed by atoms with E-state index in [2.05, 4.69) is 41.8 Å². The minimum absolute atomic E-state index is 0.199. The number of hydrogen-bond donors (Lipinski definition) is 2. The second-order valence-electron chi connectivity index (χ2n) is 5.72.